The molecule has 0 saturated carbocycles. The van der Waals surface area contributed by atoms with Gasteiger partial charge in [0.1, 0.15) is 10.6 Å². The van der Waals surface area contributed by atoms with Crippen molar-refractivity contribution in [1.29, 1.82) is 0 Å². The van der Waals surface area contributed by atoms with E-state index in [2.05, 4.69) is 15.0 Å². The van der Waals surface area contributed by atoms with Gasteiger partial charge in [0.25, 0.3) is 5.56 Å². The highest BCUT2D eigenvalue weighted by Crippen LogP contribution is 2.22. The highest BCUT2D eigenvalue weighted by Gasteiger charge is 2.08. The van der Waals surface area contributed by atoms with Gasteiger partial charge in [-0.1, -0.05) is 0 Å². The summed E-state index contributed by atoms with van der Waals surface area (Å²) in [4.78, 5) is 34.6. The minimum atomic E-state index is -0.492. The maximum absolute atomic E-state index is 11.7. The van der Waals surface area contributed by atoms with E-state index in [0.29, 0.717) is 17.2 Å². The van der Waals surface area contributed by atoms with Crippen LogP contribution in [0, 0.1) is 6.92 Å². The molecule has 102 valence electrons. The molecule has 0 radical (unpaired) electrons. The normalized spacial score (nSPS) is 11.1. The van der Waals surface area contributed by atoms with Crippen LogP contribution in [-0.4, -0.2) is 19.5 Å². The van der Waals surface area contributed by atoms with Crippen molar-refractivity contribution in [3.05, 3.63) is 49.9 Å². The molecule has 8 heteroatoms. The number of H-pyrrole nitrogens is 1. The fraction of sp³-hybridized carbons (Fsp3) is 0.167. The van der Waals surface area contributed by atoms with E-state index >= 15 is 0 Å². The van der Waals surface area contributed by atoms with E-state index in [0.717, 1.165) is 10.2 Å². The van der Waals surface area contributed by atoms with Crippen molar-refractivity contribution in [3.8, 4) is 0 Å². The summed E-state index contributed by atoms with van der Waals surface area (Å²) in [5, 5.41) is 2.69. The largest absolute Gasteiger partial charge is 0.383 e. The lowest BCUT2D eigenvalue weighted by molar-refractivity contribution is 0.685. The number of nitrogens with one attached hydrogen (secondary N) is 1. The molecule has 0 aliphatic carbocycles. The zero-order chi connectivity index (χ0) is 14.3. The van der Waals surface area contributed by atoms with Crippen molar-refractivity contribution >= 4 is 27.4 Å². The van der Waals surface area contributed by atoms with Crippen molar-refractivity contribution in [2.75, 3.05) is 5.73 Å². The van der Waals surface area contributed by atoms with Crippen molar-refractivity contribution in [2.24, 2.45) is 0 Å². The van der Waals surface area contributed by atoms with E-state index in [9.17, 15) is 9.59 Å². The molecular formula is C12H11N5O2S. The Morgan fingerprint density at radius 3 is 3.00 bits per heavy atom. The van der Waals surface area contributed by atoms with Gasteiger partial charge >= 0.3 is 5.69 Å². The number of hydrogen-bond donors (Lipinski definition) is 2. The molecule has 3 heterocycles. The summed E-state index contributed by atoms with van der Waals surface area (Å²) in [6, 6.07) is 1.86. The number of aryl methyl sites for hydroxylation is 1. The van der Waals surface area contributed by atoms with Gasteiger partial charge in [0.2, 0.25) is 0 Å². The van der Waals surface area contributed by atoms with E-state index in [4.69, 9.17) is 5.73 Å². The van der Waals surface area contributed by atoms with Crippen LogP contribution in [0.5, 0.6) is 0 Å². The number of anilines is 1. The number of aromatic amines is 1. The molecule has 20 heavy (non-hydrogen) atoms. The number of nitrogen functional groups attached to an aromatic ring is 1. The Hall–Kier alpha value is -2.48. The predicted molar refractivity (Wildman–Crippen MR) is 77.0 cm³/mol. The number of aromatic nitrogens is 4. The van der Waals surface area contributed by atoms with E-state index in [1.165, 1.54) is 22.1 Å². The van der Waals surface area contributed by atoms with Crippen LogP contribution in [0.3, 0.4) is 0 Å². The Morgan fingerprint density at radius 1 is 1.40 bits per heavy atom. The van der Waals surface area contributed by atoms with Gasteiger partial charge in [-0.3, -0.25) is 14.3 Å². The molecule has 0 unspecified atom stereocenters. The third-order valence-corrected chi connectivity index (χ3v) is 3.71. The summed E-state index contributed by atoms with van der Waals surface area (Å²) in [7, 11) is 0. The average molecular weight is 289 g/mol. The van der Waals surface area contributed by atoms with Gasteiger partial charge in [-0.15, -0.1) is 11.3 Å². The van der Waals surface area contributed by atoms with Crippen molar-refractivity contribution in [1.82, 2.24) is 19.5 Å². The minimum absolute atomic E-state index is 0.161. The van der Waals surface area contributed by atoms with Crippen LogP contribution in [0.15, 0.2) is 27.2 Å². The number of rotatable bonds is 2. The molecule has 0 aliphatic heterocycles. The van der Waals surface area contributed by atoms with Crippen molar-refractivity contribution in [2.45, 2.75) is 13.5 Å². The summed E-state index contributed by atoms with van der Waals surface area (Å²) in [6.07, 6.45) is 1.49. The Morgan fingerprint density at radius 2 is 2.20 bits per heavy atom. The van der Waals surface area contributed by atoms with E-state index < -0.39 is 5.69 Å². The second-order valence-corrected chi connectivity index (χ2v) is 5.26. The molecule has 0 aromatic carbocycles. The fourth-order valence-electron chi connectivity index (χ4n) is 1.88. The zero-order valence-electron chi connectivity index (χ0n) is 10.6. The molecule has 3 rings (SSSR count). The number of nitrogens with two attached hydrogens (primary N) is 1. The Labute approximate surface area is 116 Å². The Kier molecular flexibility index (Phi) is 2.87. The summed E-state index contributed by atoms with van der Waals surface area (Å²) >= 11 is 1.46. The maximum Gasteiger partial charge on any atom is 0.328 e. The minimum Gasteiger partial charge on any atom is -0.383 e. The quantitative estimate of drug-likeness (QED) is 0.713. The van der Waals surface area contributed by atoms with Gasteiger partial charge in [-0.2, -0.15) is 0 Å². The van der Waals surface area contributed by atoms with Gasteiger partial charge in [-0.05, 0) is 18.4 Å². The Bertz CT molecular complexity index is 908. The molecule has 0 spiro atoms. The van der Waals surface area contributed by atoms with Crippen LogP contribution in [-0.2, 0) is 6.54 Å². The predicted octanol–water partition coefficient (Wildman–Crippen LogP) is 0.480. The van der Waals surface area contributed by atoms with Gasteiger partial charge in [0.05, 0.1) is 11.9 Å². The third-order valence-electron chi connectivity index (χ3n) is 2.90. The molecular weight excluding hydrogens is 278 g/mol. The number of hydrogen-bond acceptors (Lipinski definition) is 6. The molecule has 0 aliphatic rings. The summed E-state index contributed by atoms with van der Waals surface area (Å²) in [5.41, 5.74) is 5.43. The molecule has 3 N–H and O–H groups in total. The Balaban J connectivity index is 2.07. The third kappa shape index (κ3) is 2.10. The highest BCUT2D eigenvalue weighted by atomic mass is 32.1. The van der Waals surface area contributed by atoms with E-state index in [-0.39, 0.29) is 12.1 Å². The molecule has 0 bridgehead atoms. The van der Waals surface area contributed by atoms with E-state index in [1.54, 1.807) is 6.92 Å². The van der Waals surface area contributed by atoms with Crippen molar-refractivity contribution < 1.29 is 0 Å². The zero-order valence-corrected chi connectivity index (χ0v) is 11.4. The first-order valence-electron chi connectivity index (χ1n) is 5.84. The lowest BCUT2D eigenvalue weighted by Gasteiger charge is -2.06. The lowest BCUT2D eigenvalue weighted by atomic mass is 10.3. The van der Waals surface area contributed by atoms with Gasteiger partial charge in [-0.25, -0.2) is 14.8 Å². The summed E-state index contributed by atoms with van der Waals surface area (Å²) < 4.78 is 1.35. The summed E-state index contributed by atoms with van der Waals surface area (Å²) in [5.74, 6) is 0.825. The van der Waals surface area contributed by atoms with Gasteiger partial charge in [0.15, 0.2) is 5.82 Å². The lowest BCUT2D eigenvalue weighted by Crippen LogP contribution is -2.31. The number of nitrogens with zero attached hydrogens (tertiary/aromatic N) is 3. The summed E-state index contributed by atoms with van der Waals surface area (Å²) in [6.45, 7) is 1.79. The molecule has 3 aromatic heterocycles. The van der Waals surface area contributed by atoms with Crippen LogP contribution >= 0.6 is 11.3 Å². The van der Waals surface area contributed by atoms with Crippen molar-refractivity contribution in [3.63, 3.8) is 0 Å². The SMILES string of the molecule is Cc1cn(Cc2nc(N)c3ccsc3n2)c(=O)[nH]c1=O. The molecule has 0 fully saturated rings. The average Bonchev–Trinajstić information content (AvgIpc) is 2.85. The fourth-order valence-corrected chi connectivity index (χ4v) is 2.67. The molecule has 3 aromatic rings. The first-order chi connectivity index (χ1) is 9.54. The number of thiophene rings is 1. The molecule has 7 nitrogen and oxygen atoms in total. The maximum atomic E-state index is 11.7. The topological polar surface area (TPSA) is 107 Å². The van der Waals surface area contributed by atoms with Gasteiger partial charge < -0.3 is 5.73 Å². The second kappa shape index (κ2) is 4.57. The van der Waals surface area contributed by atoms with Crippen LogP contribution < -0.4 is 17.0 Å². The first-order valence-corrected chi connectivity index (χ1v) is 6.72. The number of fused-ring (bicyclic) bond motifs is 1. The van der Waals surface area contributed by atoms with Gasteiger partial charge in [0, 0.05) is 11.8 Å². The molecule has 0 saturated heterocycles. The smallest absolute Gasteiger partial charge is 0.328 e. The van der Waals surface area contributed by atoms with Crippen LogP contribution in [0.4, 0.5) is 5.82 Å². The first kappa shape index (κ1) is 12.5. The second-order valence-electron chi connectivity index (χ2n) is 4.36. The molecule has 0 atom stereocenters. The highest BCUT2D eigenvalue weighted by molar-refractivity contribution is 7.16. The monoisotopic (exact) mass is 289 g/mol. The van der Waals surface area contributed by atoms with E-state index in [1.807, 2.05) is 11.4 Å². The van der Waals surface area contributed by atoms with Crippen LogP contribution in [0.1, 0.15) is 11.4 Å². The molecule has 0 amide bonds. The van der Waals surface area contributed by atoms with Crippen LogP contribution in [0.2, 0.25) is 0 Å². The van der Waals surface area contributed by atoms with Crippen LogP contribution in [0.25, 0.3) is 10.2 Å². The standard InChI is InChI=1S/C12H11N5O2S/c1-6-4-17(12(19)16-10(6)18)5-8-14-9(13)7-2-3-20-11(7)15-8/h2-4H,5H2,1H3,(H2,13,14,15)(H,16,18,19).